The predicted molar refractivity (Wildman–Crippen MR) is 73.9 cm³/mol. The molecule has 0 saturated carbocycles. The Morgan fingerprint density at radius 3 is 2.95 bits per heavy atom. The fourth-order valence-electron chi connectivity index (χ4n) is 2.45. The molecule has 1 heterocycles. The van der Waals surface area contributed by atoms with E-state index in [0.717, 1.165) is 31.4 Å². The van der Waals surface area contributed by atoms with Crippen LogP contribution < -0.4 is 0 Å². The van der Waals surface area contributed by atoms with Crippen LogP contribution in [0.1, 0.15) is 37.7 Å². The summed E-state index contributed by atoms with van der Waals surface area (Å²) in [5, 5.41) is 10.1. The van der Waals surface area contributed by atoms with Crippen LogP contribution in [-0.2, 0) is 11.2 Å². The molecule has 106 valence electrons. The molecule has 0 aromatic heterocycles. The molecule has 1 fully saturated rings. The second-order valence-corrected chi connectivity index (χ2v) is 5.58. The monoisotopic (exact) mass is 286 g/mol. The highest BCUT2D eigenvalue weighted by molar-refractivity contribution is 6.30. The van der Waals surface area contributed by atoms with E-state index in [1.165, 1.54) is 12.5 Å². The van der Waals surface area contributed by atoms with Crippen molar-refractivity contribution in [3.8, 4) is 0 Å². The van der Waals surface area contributed by atoms with E-state index in [2.05, 4.69) is 0 Å². The molecule has 0 aliphatic carbocycles. The molecule has 1 N–H and O–H groups in total. The van der Waals surface area contributed by atoms with E-state index in [-0.39, 0.29) is 5.02 Å². The Bertz CT molecular complexity index is 405. The molecule has 1 saturated heterocycles. The lowest BCUT2D eigenvalue weighted by Gasteiger charge is -2.23. The van der Waals surface area contributed by atoms with Crippen LogP contribution in [-0.4, -0.2) is 23.9 Å². The summed E-state index contributed by atoms with van der Waals surface area (Å²) in [6, 6.07) is 4.59. The lowest BCUT2D eigenvalue weighted by atomic mass is 9.99. The van der Waals surface area contributed by atoms with Gasteiger partial charge < -0.3 is 9.84 Å². The molecule has 1 aromatic rings. The van der Waals surface area contributed by atoms with Crippen LogP contribution in [0.15, 0.2) is 18.2 Å². The first-order valence-electron chi connectivity index (χ1n) is 6.89. The molecular formula is C15H20ClFO2. The summed E-state index contributed by atoms with van der Waals surface area (Å²) in [5.41, 5.74) is 0.864. The van der Waals surface area contributed by atoms with Crippen LogP contribution in [0.2, 0.25) is 5.02 Å². The van der Waals surface area contributed by atoms with Crippen molar-refractivity contribution in [1.82, 2.24) is 0 Å². The van der Waals surface area contributed by atoms with Crippen molar-refractivity contribution in [3.63, 3.8) is 0 Å². The Labute approximate surface area is 118 Å². The van der Waals surface area contributed by atoms with Crippen LogP contribution >= 0.6 is 11.6 Å². The van der Waals surface area contributed by atoms with E-state index in [4.69, 9.17) is 16.3 Å². The number of benzene rings is 1. The number of aliphatic hydroxyl groups excluding tert-OH is 1. The van der Waals surface area contributed by atoms with Gasteiger partial charge in [-0.05, 0) is 56.2 Å². The molecule has 1 aliphatic heterocycles. The molecule has 0 radical (unpaired) electrons. The Hall–Kier alpha value is -0.640. The number of ether oxygens (including phenoxy) is 1. The van der Waals surface area contributed by atoms with Crippen molar-refractivity contribution < 1.29 is 14.2 Å². The summed E-state index contributed by atoms with van der Waals surface area (Å²) >= 11 is 5.72. The van der Waals surface area contributed by atoms with Gasteiger partial charge in [-0.1, -0.05) is 17.7 Å². The Kier molecular flexibility index (Phi) is 5.61. The first-order chi connectivity index (χ1) is 9.15. The highest BCUT2D eigenvalue weighted by Gasteiger charge is 2.16. The van der Waals surface area contributed by atoms with Crippen molar-refractivity contribution >= 4 is 11.6 Å². The summed E-state index contributed by atoms with van der Waals surface area (Å²) in [5.74, 6) is -0.421. The predicted octanol–water partition coefficient (Wildman–Crippen LogP) is 3.73. The molecule has 2 rings (SSSR count). The van der Waals surface area contributed by atoms with Gasteiger partial charge in [0.25, 0.3) is 0 Å². The molecule has 1 aromatic carbocycles. The van der Waals surface area contributed by atoms with Gasteiger partial charge in [-0.3, -0.25) is 0 Å². The van der Waals surface area contributed by atoms with Crippen LogP contribution in [0.3, 0.4) is 0 Å². The first-order valence-corrected chi connectivity index (χ1v) is 7.26. The van der Waals surface area contributed by atoms with Gasteiger partial charge in [0.2, 0.25) is 0 Å². The number of hydrogen-bond donors (Lipinski definition) is 1. The number of rotatable bonds is 5. The average molecular weight is 287 g/mol. The maximum absolute atomic E-state index is 13.0. The van der Waals surface area contributed by atoms with Gasteiger partial charge in [0, 0.05) is 6.61 Å². The normalized spacial score (nSPS) is 21.3. The molecule has 2 atom stereocenters. The SMILES string of the molecule is OC(CCC1CCCCO1)Cc1ccc(F)c(Cl)c1. The summed E-state index contributed by atoms with van der Waals surface area (Å²) in [6.45, 7) is 0.842. The third-order valence-corrected chi connectivity index (χ3v) is 3.84. The van der Waals surface area contributed by atoms with Gasteiger partial charge in [0.05, 0.1) is 17.2 Å². The van der Waals surface area contributed by atoms with Gasteiger partial charge in [-0.25, -0.2) is 4.39 Å². The van der Waals surface area contributed by atoms with Crippen molar-refractivity contribution in [2.24, 2.45) is 0 Å². The fourth-order valence-corrected chi connectivity index (χ4v) is 2.66. The van der Waals surface area contributed by atoms with E-state index in [1.54, 1.807) is 12.1 Å². The lowest BCUT2D eigenvalue weighted by Crippen LogP contribution is -2.21. The third-order valence-electron chi connectivity index (χ3n) is 3.55. The zero-order chi connectivity index (χ0) is 13.7. The van der Waals surface area contributed by atoms with Crippen molar-refractivity contribution in [1.29, 1.82) is 0 Å². The smallest absolute Gasteiger partial charge is 0.141 e. The second kappa shape index (κ2) is 7.22. The van der Waals surface area contributed by atoms with Gasteiger partial charge in [0.1, 0.15) is 5.82 Å². The number of hydrogen-bond acceptors (Lipinski definition) is 2. The zero-order valence-electron chi connectivity index (χ0n) is 10.9. The van der Waals surface area contributed by atoms with Gasteiger partial charge >= 0.3 is 0 Å². The quantitative estimate of drug-likeness (QED) is 0.894. The second-order valence-electron chi connectivity index (χ2n) is 5.17. The van der Waals surface area contributed by atoms with Gasteiger partial charge in [0.15, 0.2) is 0 Å². The largest absolute Gasteiger partial charge is 0.393 e. The van der Waals surface area contributed by atoms with Crippen LogP contribution in [0.5, 0.6) is 0 Å². The fraction of sp³-hybridized carbons (Fsp3) is 0.600. The minimum Gasteiger partial charge on any atom is -0.393 e. The molecule has 19 heavy (non-hydrogen) atoms. The van der Waals surface area contributed by atoms with Crippen molar-refractivity contribution in [2.75, 3.05) is 6.61 Å². The minimum absolute atomic E-state index is 0.111. The van der Waals surface area contributed by atoms with Gasteiger partial charge in [-0.2, -0.15) is 0 Å². The standard InChI is InChI=1S/C15H20ClFO2/c16-14-10-11(4-7-15(14)17)9-12(18)5-6-13-3-1-2-8-19-13/h4,7,10,12-13,18H,1-3,5-6,8-9H2. The third kappa shape index (κ3) is 4.75. The number of aliphatic hydroxyl groups is 1. The van der Waals surface area contributed by atoms with E-state index in [1.807, 2.05) is 0 Å². The van der Waals surface area contributed by atoms with E-state index in [0.29, 0.717) is 18.9 Å². The Morgan fingerprint density at radius 1 is 1.42 bits per heavy atom. The maximum Gasteiger partial charge on any atom is 0.141 e. The van der Waals surface area contributed by atoms with Gasteiger partial charge in [-0.15, -0.1) is 0 Å². The Morgan fingerprint density at radius 2 is 2.26 bits per heavy atom. The number of halogens is 2. The van der Waals surface area contributed by atoms with E-state index < -0.39 is 11.9 Å². The summed E-state index contributed by atoms with van der Waals surface area (Å²) in [7, 11) is 0. The van der Waals surface area contributed by atoms with Crippen LogP contribution in [0.4, 0.5) is 4.39 Å². The first kappa shape index (κ1) is 14.8. The summed E-state index contributed by atoms with van der Waals surface area (Å²) in [6.07, 6.45) is 5.42. The highest BCUT2D eigenvalue weighted by Crippen LogP contribution is 2.20. The maximum atomic E-state index is 13.0. The molecule has 2 unspecified atom stereocenters. The van der Waals surface area contributed by atoms with Crippen molar-refractivity contribution in [3.05, 3.63) is 34.6 Å². The zero-order valence-corrected chi connectivity index (χ0v) is 11.7. The summed E-state index contributed by atoms with van der Waals surface area (Å²) < 4.78 is 18.6. The summed E-state index contributed by atoms with van der Waals surface area (Å²) in [4.78, 5) is 0. The Balaban J connectivity index is 1.76. The van der Waals surface area contributed by atoms with E-state index in [9.17, 15) is 9.50 Å². The van der Waals surface area contributed by atoms with Crippen LogP contribution in [0.25, 0.3) is 0 Å². The lowest BCUT2D eigenvalue weighted by molar-refractivity contribution is 0.00234. The van der Waals surface area contributed by atoms with Crippen LogP contribution in [0, 0.1) is 5.82 Å². The minimum atomic E-state index is -0.424. The topological polar surface area (TPSA) is 29.5 Å². The van der Waals surface area contributed by atoms with E-state index >= 15 is 0 Å². The molecule has 2 nitrogen and oxygen atoms in total. The molecule has 4 heteroatoms. The average Bonchev–Trinajstić information content (AvgIpc) is 2.42. The molecule has 0 spiro atoms. The van der Waals surface area contributed by atoms with Crippen molar-refractivity contribution in [2.45, 2.75) is 50.7 Å². The molecule has 0 bridgehead atoms. The highest BCUT2D eigenvalue weighted by atomic mass is 35.5. The molecule has 1 aliphatic rings. The molecular weight excluding hydrogens is 267 g/mol. The molecule has 0 amide bonds.